The molecule has 0 bridgehead atoms. The number of primary amides is 1. The van der Waals surface area contributed by atoms with E-state index in [2.05, 4.69) is 11.1 Å². The van der Waals surface area contributed by atoms with Gasteiger partial charge in [0.25, 0.3) is 0 Å². The van der Waals surface area contributed by atoms with Gasteiger partial charge >= 0.3 is 0 Å². The van der Waals surface area contributed by atoms with E-state index in [9.17, 15) is 9.59 Å². The first kappa shape index (κ1) is 17.2. The number of hydrogen-bond acceptors (Lipinski definition) is 5. The van der Waals surface area contributed by atoms with Gasteiger partial charge in [-0.05, 0) is 50.3 Å². The number of thioether (sulfide) groups is 1. The fourth-order valence-electron chi connectivity index (χ4n) is 2.94. The lowest BCUT2D eigenvalue weighted by molar-refractivity contribution is -0.117. The topological polar surface area (TPSA) is 73.1 Å². The molecule has 0 aliphatic heterocycles. The predicted octanol–water partition coefficient (Wildman–Crippen LogP) is 3.33. The van der Waals surface area contributed by atoms with E-state index in [4.69, 9.17) is 5.73 Å². The maximum Gasteiger partial charge on any atom is 0.222 e. The van der Waals surface area contributed by atoms with Crippen molar-refractivity contribution in [3.8, 4) is 0 Å². The van der Waals surface area contributed by atoms with Crippen LogP contribution >= 0.6 is 23.1 Å². The van der Waals surface area contributed by atoms with E-state index in [1.54, 1.807) is 0 Å². The van der Waals surface area contributed by atoms with Gasteiger partial charge in [0.1, 0.15) is 0 Å². The van der Waals surface area contributed by atoms with Crippen molar-refractivity contribution in [3.05, 3.63) is 45.5 Å². The Morgan fingerprint density at radius 3 is 2.83 bits per heavy atom. The zero-order valence-corrected chi connectivity index (χ0v) is 15.4. The number of rotatable bonds is 6. The fraction of sp³-hybridized carbons (Fsp3) is 0.389. The van der Waals surface area contributed by atoms with Gasteiger partial charge in [-0.1, -0.05) is 23.9 Å². The molecule has 1 aromatic carbocycles. The highest BCUT2D eigenvalue weighted by molar-refractivity contribution is 8.02. The lowest BCUT2D eigenvalue weighted by Gasteiger charge is -2.09. The molecule has 0 saturated heterocycles. The highest BCUT2D eigenvalue weighted by atomic mass is 32.2. The van der Waals surface area contributed by atoms with Crippen molar-refractivity contribution in [2.75, 3.05) is 0 Å². The second-order valence-electron chi connectivity index (χ2n) is 6.09. The number of hydrogen-bond donors (Lipinski definition) is 1. The summed E-state index contributed by atoms with van der Waals surface area (Å²) < 4.78 is 0.811. The molecule has 0 saturated carbocycles. The van der Waals surface area contributed by atoms with Gasteiger partial charge in [0, 0.05) is 10.4 Å². The average Bonchev–Trinajstić information content (AvgIpc) is 3.12. The Bertz CT molecular complexity index is 798. The van der Waals surface area contributed by atoms with E-state index in [0.29, 0.717) is 0 Å². The van der Waals surface area contributed by atoms with Crippen LogP contribution in [0.2, 0.25) is 0 Å². The zero-order valence-electron chi connectivity index (χ0n) is 13.8. The summed E-state index contributed by atoms with van der Waals surface area (Å²) in [7, 11) is 0. The number of ketones is 1. The maximum absolute atomic E-state index is 12.7. The number of carbonyl (C=O) groups is 2. The normalized spacial score (nSPS) is 14.4. The summed E-state index contributed by atoms with van der Waals surface area (Å²) in [5.74, 6) is -0.237. The first-order valence-electron chi connectivity index (χ1n) is 8.01. The maximum atomic E-state index is 12.7. The van der Waals surface area contributed by atoms with E-state index in [1.165, 1.54) is 40.6 Å². The quantitative estimate of drug-likeness (QED) is 0.633. The molecule has 2 aromatic rings. The third-order valence-electron chi connectivity index (χ3n) is 4.24. The van der Waals surface area contributed by atoms with Gasteiger partial charge in [0.05, 0.1) is 17.4 Å². The monoisotopic (exact) mass is 360 g/mol. The Kier molecular flexibility index (Phi) is 5.06. The van der Waals surface area contributed by atoms with Gasteiger partial charge in [-0.15, -0.1) is 11.3 Å². The van der Waals surface area contributed by atoms with Crippen molar-refractivity contribution < 1.29 is 9.59 Å². The number of nitrogens with zero attached hydrogens (tertiary/aromatic N) is 1. The van der Waals surface area contributed by atoms with Crippen molar-refractivity contribution in [2.45, 2.75) is 49.1 Å². The van der Waals surface area contributed by atoms with Gasteiger partial charge < -0.3 is 5.73 Å². The van der Waals surface area contributed by atoms with E-state index in [-0.39, 0.29) is 23.4 Å². The van der Waals surface area contributed by atoms with Gasteiger partial charge in [-0.3, -0.25) is 9.59 Å². The Morgan fingerprint density at radius 1 is 1.33 bits per heavy atom. The van der Waals surface area contributed by atoms with E-state index >= 15 is 0 Å². The average molecular weight is 361 g/mol. The number of thiazole rings is 1. The molecule has 1 atom stereocenters. The second-order valence-corrected chi connectivity index (χ2v) is 8.76. The minimum atomic E-state index is -0.361. The molecular formula is C18H20N2O2S2. The van der Waals surface area contributed by atoms with Crippen LogP contribution in [0.1, 0.15) is 45.4 Å². The molecule has 0 fully saturated rings. The van der Waals surface area contributed by atoms with E-state index in [1.807, 2.05) is 26.0 Å². The third-order valence-corrected chi connectivity index (χ3v) is 6.59. The number of aryl methyl sites for hydroxylation is 3. The molecule has 1 aromatic heterocycles. The van der Waals surface area contributed by atoms with Gasteiger partial charge in [0.2, 0.25) is 5.91 Å². The van der Waals surface area contributed by atoms with Gasteiger partial charge in [-0.2, -0.15) is 0 Å². The van der Waals surface area contributed by atoms with Crippen molar-refractivity contribution in [2.24, 2.45) is 5.73 Å². The predicted molar refractivity (Wildman–Crippen MR) is 97.9 cm³/mol. The third kappa shape index (κ3) is 3.70. The fourth-order valence-corrected chi connectivity index (χ4v) is 5.40. The smallest absolute Gasteiger partial charge is 0.222 e. The minimum absolute atomic E-state index is 0.124. The lowest BCUT2D eigenvalue weighted by Crippen LogP contribution is -2.13. The van der Waals surface area contributed by atoms with Crippen LogP contribution in [-0.4, -0.2) is 21.9 Å². The molecule has 4 nitrogen and oxygen atoms in total. The summed E-state index contributed by atoms with van der Waals surface area (Å²) in [4.78, 5) is 29.1. The summed E-state index contributed by atoms with van der Waals surface area (Å²) in [5.41, 5.74) is 9.53. The van der Waals surface area contributed by atoms with Crippen LogP contribution < -0.4 is 5.73 Å². The first-order chi connectivity index (χ1) is 11.4. The van der Waals surface area contributed by atoms with Crippen molar-refractivity contribution in [1.82, 2.24) is 4.98 Å². The molecule has 1 aliphatic carbocycles. The van der Waals surface area contributed by atoms with Crippen molar-refractivity contribution in [3.63, 3.8) is 0 Å². The standard InChI is InChI=1S/C18H20N2O2S2/c1-10-15(9-16(19)21)24-18(20-10)23-11(2)17(22)14-7-6-12-4-3-5-13(12)8-14/h6-8,11H,3-5,9H2,1-2H3,(H2,19,21). The van der Waals surface area contributed by atoms with Crippen LogP contribution in [0.15, 0.2) is 22.5 Å². The van der Waals surface area contributed by atoms with Crippen LogP contribution in [0.25, 0.3) is 0 Å². The number of Topliss-reactive ketones (excluding diaryl/α,β-unsaturated/α-hetero) is 1. The molecule has 0 spiro atoms. The number of fused-ring (bicyclic) bond motifs is 1. The van der Waals surface area contributed by atoms with Gasteiger partial charge in [0.15, 0.2) is 10.1 Å². The molecule has 0 radical (unpaired) electrons. The van der Waals surface area contributed by atoms with E-state index in [0.717, 1.165) is 33.3 Å². The summed E-state index contributed by atoms with van der Waals surface area (Å²) >= 11 is 2.90. The zero-order chi connectivity index (χ0) is 17.3. The van der Waals surface area contributed by atoms with Crippen LogP contribution in [0.5, 0.6) is 0 Å². The summed E-state index contributed by atoms with van der Waals surface area (Å²) in [6, 6.07) is 6.08. The molecule has 3 rings (SSSR count). The van der Waals surface area contributed by atoms with Crippen LogP contribution in [0.3, 0.4) is 0 Å². The molecule has 2 N–H and O–H groups in total. The summed E-state index contributed by atoms with van der Waals surface area (Å²) in [6.07, 6.45) is 3.57. The highest BCUT2D eigenvalue weighted by Crippen LogP contribution is 2.32. The SMILES string of the molecule is Cc1nc(SC(C)C(=O)c2ccc3c(c2)CCC3)sc1CC(N)=O. The van der Waals surface area contributed by atoms with Crippen LogP contribution in [0, 0.1) is 6.92 Å². The van der Waals surface area contributed by atoms with Crippen molar-refractivity contribution >= 4 is 34.8 Å². The van der Waals surface area contributed by atoms with Crippen LogP contribution in [-0.2, 0) is 24.1 Å². The Morgan fingerprint density at radius 2 is 2.08 bits per heavy atom. The Labute approximate surface area is 149 Å². The molecule has 1 heterocycles. The number of nitrogens with two attached hydrogens (primary N) is 1. The first-order valence-corrected chi connectivity index (χ1v) is 9.71. The Balaban J connectivity index is 1.71. The lowest BCUT2D eigenvalue weighted by atomic mass is 10.0. The molecule has 1 amide bonds. The van der Waals surface area contributed by atoms with Crippen molar-refractivity contribution in [1.29, 1.82) is 0 Å². The molecule has 126 valence electrons. The molecule has 1 unspecified atom stereocenters. The summed E-state index contributed by atoms with van der Waals surface area (Å²) in [5, 5.41) is -0.212. The molecular weight excluding hydrogens is 340 g/mol. The second kappa shape index (κ2) is 7.07. The number of benzene rings is 1. The Hall–Kier alpha value is -1.66. The molecule has 24 heavy (non-hydrogen) atoms. The molecule has 6 heteroatoms. The minimum Gasteiger partial charge on any atom is -0.369 e. The largest absolute Gasteiger partial charge is 0.369 e. The number of aromatic nitrogens is 1. The number of carbonyl (C=O) groups excluding carboxylic acids is 2. The van der Waals surface area contributed by atoms with Crippen LogP contribution in [0.4, 0.5) is 0 Å². The van der Waals surface area contributed by atoms with Gasteiger partial charge in [-0.25, -0.2) is 4.98 Å². The molecule has 1 aliphatic rings. The van der Waals surface area contributed by atoms with E-state index < -0.39 is 0 Å². The highest BCUT2D eigenvalue weighted by Gasteiger charge is 2.21. The number of amides is 1. The summed E-state index contributed by atoms with van der Waals surface area (Å²) in [6.45, 7) is 3.77.